The third-order valence-electron chi connectivity index (χ3n) is 2.88. The van der Waals surface area contributed by atoms with Crippen LogP contribution in [-0.2, 0) is 19.1 Å². The van der Waals surface area contributed by atoms with Gasteiger partial charge in [0.15, 0.2) is 0 Å². The number of esters is 2. The van der Waals surface area contributed by atoms with Crippen molar-refractivity contribution in [2.75, 3.05) is 13.7 Å². The van der Waals surface area contributed by atoms with Crippen molar-refractivity contribution in [2.45, 2.75) is 20.8 Å². The summed E-state index contributed by atoms with van der Waals surface area (Å²) in [4.78, 5) is 37.2. The summed E-state index contributed by atoms with van der Waals surface area (Å²) in [5.41, 5.74) is 1.19. The van der Waals surface area contributed by atoms with Gasteiger partial charge in [0, 0.05) is 11.4 Å². The van der Waals surface area contributed by atoms with Crippen LogP contribution in [0.2, 0.25) is 0 Å². The molecule has 1 rings (SSSR count). The van der Waals surface area contributed by atoms with Crippen LogP contribution in [0.4, 0.5) is 0 Å². The number of hydrogen-bond acceptors (Lipinski definition) is 5. The Hall–Kier alpha value is -2.57. The van der Waals surface area contributed by atoms with Gasteiger partial charge in [0.2, 0.25) is 0 Å². The summed E-state index contributed by atoms with van der Waals surface area (Å²) < 4.78 is 9.35. The van der Waals surface area contributed by atoms with Crippen molar-refractivity contribution in [3.05, 3.63) is 28.1 Å². The molecule has 2 N–H and O–H groups in total. The molecule has 0 saturated carbocycles. The normalized spacial score (nSPS) is 11.1. The SMILES string of the molecule is CCOC(=O)c1c(C)[nH]c(C=C(C(=O)O)C(=O)OC)c1C. The predicted octanol–water partition coefficient (Wildman–Crippen LogP) is 1.45. The number of carbonyl (C=O) groups excluding carboxylic acids is 2. The van der Waals surface area contributed by atoms with Gasteiger partial charge in [-0.2, -0.15) is 0 Å². The first-order valence-corrected chi connectivity index (χ1v) is 6.23. The van der Waals surface area contributed by atoms with Gasteiger partial charge in [-0.25, -0.2) is 14.4 Å². The molecule has 0 spiro atoms. The van der Waals surface area contributed by atoms with E-state index in [0.717, 1.165) is 13.2 Å². The number of aryl methyl sites for hydroxylation is 1. The maximum Gasteiger partial charge on any atom is 0.345 e. The van der Waals surface area contributed by atoms with Gasteiger partial charge in [-0.15, -0.1) is 0 Å². The minimum Gasteiger partial charge on any atom is -0.477 e. The summed E-state index contributed by atoms with van der Waals surface area (Å²) in [7, 11) is 1.09. The topological polar surface area (TPSA) is 106 Å². The van der Waals surface area contributed by atoms with E-state index in [1.165, 1.54) is 0 Å². The van der Waals surface area contributed by atoms with E-state index in [0.29, 0.717) is 22.5 Å². The van der Waals surface area contributed by atoms with Crippen LogP contribution in [0, 0.1) is 13.8 Å². The number of ether oxygens (including phenoxy) is 2. The average molecular weight is 295 g/mol. The number of nitrogens with one attached hydrogen (secondary N) is 1. The van der Waals surface area contributed by atoms with E-state index in [-0.39, 0.29) is 6.61 Å². The molecule has 0 atom stereocenters. The van der Waals surface area contributed by atoms with Crippen molar-refractivity contribution in [1.82, 2.24) is 4.98 Å². The zero-order valence-electron chi connectivity index (χ0n) is 12.3. The second-order valence-electron chi connectivity index (χ2n) is 4.24. The number of carboxylic acid groups (broad SMARTS) is 1. The van der Waals surface area contributed by atoms with Crippen LogP contribution in [-0.4, -0.2) is 41.7 Å². The van der Waals surface area contributed by atoms with E-state index in [9.17, 15) is 14.4 Å². The highest BCUT2D eigenvalue weighted by molar-refractivity contribution is 6.17. The minimum absolute atomic E-state index is 0.233. The van der Waals surface area contributed by atoms with E-state index in [1.54, 1.807) is 20.8 Å². The molecule has 0 bridgehead atoms. The molecule has 0 amide bonds. The van der Waals surface area contributed by atoms with Crippen molar-refractivity contribution in [3.8, 4) is 0 Å². The van der Waals surface area contributed by atoms with Gasteiger partial charge in [0.1, 0.15) is 5.57 Å². The van der Waals surface area contributed by atoms with Gasteiger partial charge in [-0.3, -0.25) is 0 Å². The molecule has 0 saturated heterocycles. The smallest absolute Gasteiger partial charge is 0.345 e. The Bertz CT molecular complexity index is 611. The molecule has 0 aromatic carbocycles. The van der Waals surface area contributed by atoms with Crippen LogP contribution < -0.4 is 0 Å². The van der Waals surface area contributed by atoms with Crippen LogP contribution in [0.1, 0.15) is 34.2 Å². The Morgan fingerprint density at radius 2 is 1.90 bits per heavy atom. The van der Waals surface area contributed by atoms with Gasteiger partial charge in [-0.1, -0.05) is 0 Å². The monoisotopic (exact) mass is 295 g/mol. The molecule has 0 aliphatic rings. The van der Waals surface area contributed by atoms with Crippen molar-refractivity contribution >= 4 is 24.0 Å². The lowest BCUT2D eigenvalue weighted by molar-refractivity contribution is -0.142. The fourth-order valence-electron chi connectivity index (χ4n) is 1.89. The Labute approximate surface area is 121 Å². The number of H-pyrrole nitrogens is 1. The second kappa shape index (κ2) is 6.74. The Morgan fingerprint density at radius 3 is 2.38 bits per heavy atom. The van der Waals surface area contributed by atoms with E-state index < -0.39 is 23.5 Å². The highest BCUT2D eigenvalue weighted by Gasteiger charge is 2.22. The summed E-state index contributed by atoms with van der Waals surface area (Å²) >= 11 is 0. The summed E-state index contributed by atoms with van der Waals surface area (Å²) in [6, 6.07) is 0. The maximum absolute atomic E-state index is 11.8. The molecular weight excluding hydrogens is 278 g/mol. The molecule has 0 unspecified atom stereocenters. The van der Waals surface area contributed by atoms with Crippen molar-refractivity contribution < 1.29 is 29.0 Å². The molecular formula is C14H17NO6. The number of rotatable bonds is 5. The molecule has 0 aliphatic heterocycles. The van der Waals surface area contributed by atoms with Crippen molar-refractivity contribution in [1.29, 1.82) is 0 Å². The van der Waals surface area contributed by atoms with Crippen LogP contribution in [0.15, 0.2) is 5.57 Å². The number of aromatic amines is 1. The molecule has 7 heteroatoms. The molecule has 21 heavy (non-hydrogen) atoms. The van der Waals surface area contributed by atoms with Crippen molar-refractivity contribution in [2.24, 2.45) is 0 Å². The first-order chi connectivity index (χ1) is 9.83. The molecule has 114 valence electrons. The number of aliphatic carboxylic acids is 1. The highest BCUT2D eigenvalue weighted by Crippen LogP contribution is 2.21. The van der Waals surface area contributed by atoms with Gasteiger partial charge in [-0.05, 0) is 32.4 Å². The lowest BCUT2D eigenvalue weighted by atomic mass is 10.1. The molecule has 0 fully saturated rings. The molecule has 7 nitrogen and oxygen atoms in total. The first-order valence-electron chi connectivity index (χ1n) is 6.23. The Morgan fingerprint density at radius 1 is 1.29 bits per heavy atom. The lowest BCUT2D eigenvalue weighted by Gasteiger charge is -2.02. The average Bonchev–Trinajstić information content (AvgIpc) is 2.69. The van der Waals surface area contributed by atoms with E-state index >= 15 is 0 Å². The minimum atomic E-state index is -1.41. The second-order valence-corrected chi connectivity index (χ2v) is 4.24. The maximum atomic E-state index is 11.8. The number of carboxylic acids is 1. The van der Waals surface area contributed by atoms with Gasteiger partial charge >= 0.3 is 17.9 Å². The summed E-state index contributed by atoms with van der Waals surface area (Å²) in [6.07, 6.45) is 1.14. The highest BCUT2D eigenvalue weighted by atomic mass is 16.5. The molecule has 0 radical (unpaired) electrons. The van der Waals surface area contributed by atoms with E-state index in [4.69, 9.17) is 9.84 Å². The van der Waals surface area contributed by atoms with Crippen LogP contribution in [0.25, 0.3) is 6.08 Å². The standard InChI is InChI=1S/C14H17NO6/c1-5-21-14(19)11-7(2)10(15-8(11)3)6-9(12(16)17)13(18)20-4/h6,15H,5H2,1-4H3,(H,16,17). The van der Waals surface area contributed by atoms with E-state index in [1.807, 2.05) is 0 Å². The van der Waals surface area contributed by atoms with Gasteiger partial charge in [0.05, 0.1) is 19.3 Å². The lowest BCUT2D eigenvalue weighted by Crippen LogP contribution is -2.13. The van der Waals surface area contributed by atoms with Crippen LogP contribution in [0.5, 0.6) is 0 Å². The third kappa shape index (κ3) is 3.50. The molecule has 0 aliphatic carbocycles. The largest absolute Gasteiger partial charge is 0.477 e. The fraction of sp³-hybridized carbons (Fsp3) is 0.357. The molecule has 1 heterocycles. The zero-order valence-corrected chi connectivity index (χ0v) is 12.3. The van der Waals surface area contributed by atoms with Crippen molar-refractivity contribution in [3.63, 3.8) is 0 Å². The fourth-order valence-corrected chi connectivity index (χ4v) is 1.89. The summed E-state index contributed by atoms with van der Waals surface area (Å²) in [5, 5.41) is 9.02. The third-order valence-corrected chi connectivity index (χ3v) is 2.88. The van der Waals surface area contributed by atoms with Gasteiger partial charge < -0.3 is 19.6 Å². The molecule has 1 aromatic heterocycles. The Balaban J connectivity index is 3.33. The first kappa shape index (κ1) is 16.5. The number of carbonyl (C=O) groups is 3. The Kier molecular flexibility index (Phi) is 5.29. The number of aromatic nitrogens is 1. The number of hydrogen-bond donors (Lipinski definition) is 2. The summed E-state index contributed by atoms with van der Waals surface area (Å²) in [5.74, 6) is -2.88. The quantitative estimate of drug-likeness (QED) is 0.368. The van der Waals surface area contributed by atoms with Crippen LogP contribution in [0.3, 0.4) is 0 Å². The summed E-state index contributed by atoms with van der Waals surface area (Å²) in [6.45, 7) is 5.22. The predicted molar refractivity (Wildman–Crippen MR) is 73.9 cm³/mol. The zero-order chi connectivity index (χ0) is 16.2. The van der Waals surface area contributed by atoms with Crippen LogP contribution >= 0.6 is 0 Å². The van der Waals surface area contributed by atoms with Gasteiger partial charge in [0.25, 0.3) is 0 Å². The van der Waals surface area contributed by atoms with E-state index in [2.05, 4.69) is 9.72 Å². The number of methoxy groups -OCH3 is 1. The molecule has 1 aromatic rings.